The standard InChI is InChI=1S/C10H22O5.FH/c1-11-3-5-13-7-9-15-10-8-14-6-4-12-2;/h3-10H2,1-2H3;1H. The fourth-order valence-electron chi connectivity index (χ4n) is 0.826. The van der Waals surface area contributed by atoms with Crippen molar-refractivity contribution in [3.63, 3.8) is 0 Å². The van der Waals surface area contributed by atoms with Gasteiger partial charge in [-0.1, -0.05) is 0 Å². The second-order valence-electron chi connectivity index (χ2n) is 2.82. The second-order valence-corrected chi connectivity index (χ2v) is 2.82. The fourth-order valence-corrected chi connectivity index (χ4v) is 0.826. The molecule has 0 aromatic rings. The van der Waals surface area contributed by atoms with Crippen LogP contribution in [0.25, 0.3) is 0 Å². The van der Waals surface area contributed by atoms with E-state index in [4.69, 9.17) is 23.7 Å². The zero-order valence-corrected chi connectivity index (χ0v) is 10.1. The number of hydrogen-bond donors (Lipinski definition) is 0. The topological polar surface area (TPSA) is 46.2 Å². The van der Waals surface area contributed by atoms with Crippen LogP contribution in [0.15, 0.2) is 0 Å². The number of ether oxygens (including phenoxy) is 5. The lowest BCUT2D eigenvalue weighted by molar-refractivity contribution is -0.00380. The molecule has 0 atom stereocenters. The first-order chi connectivity index (χ1) is 7.41. The first-order valence-corrected chi connectivity index (χ1v) is 5.13. The minimum Gasteiger partial charge on any atom is -0.382 e. The zero-order chi connectivity index (χ0) is 11.2. The van der Waals surface area contributed by atoms with Crippen molar-refractivity contribution < 1.29 is 28.4 Å². The van der Waals surface area contributed by atoms with Gasteiger partial charge in [-0.15, -0.1) is 0 Å². The molecule has 0 aromatic carbocycles. The third kappa shape index (κ3) is 16.2. The normalized spacial score (nSPS) is 10.1. The van der Waals surface area contributed by atoms with Crippen LogP contribution in [0.3, 0.4) is 0 Å². The molecule has 0 N–H and O–H groups in total. The third-order valence-electron chi connectivity index (χ3n) is 1.61. The van der Waals surface area contributed by atoms with E-state index in [0.717, 1.165) is 0 Å². The Morgan fingerprint density at radius 1 is 0.500 bits per heavy atom. The third-order valence-corrected chi connectivity index (χ3v) is 1.61. The molecule has 0 spiro atoms. The molecule has 0 heterocycles. The maximum Gasteiger partial charge on any atom is 0.0701 e. The molecule has 0 aliphatic rings. The molecule has 5 nitrogen and oxygen atoms in total. The van der Waals surface area contributed by atoms with Gasteiger partial charge in [-0.3, -0.25) is 4.70 Å². The highest BCUT2D eigenvalue weighted by atomic mass is 19.0. The van der Waals surface area contributed by atoms with Gasteiger partial charge >= 0.3 is 0 Å². The van der Waals surface area contributed by atoms with Crippen molar-refractivity contribution in [2.75, 3.05) is 67.1 Å². The molecular formula is C10H23FO5. The van der Waals surface area contributed by atoms with Crippen LogP contribution in [0.5, 0.6) is 0 Å². The number of hydrogen-bond acceptors (Lipinski definition) is 5. The summed E-state index contributed by atoms with van der Waals surface area (Å²) in [6, 6.07) is 0. The Kier molecular flexibility index (Phi) is 19.4. The average Bonchev–Trinajstić information content (AvgIpc) is 2.26. The second kappa shape index (κ2) is 17.1. The van der Waals surface area contributed by atoms with Crippen LogP contribution in [-0.4, -0.2) is 67.1 Å². The lowest BCUT2D eigenvalue weighted by Crippen LogP contribution is -2.12. The summed E-state index contributed by atoms with van der Waals surface area (Å²) in [7, 11) is 3.30. The molecule has 0 aliphatic carbocycles. The molecule has 16 heavy (non-hydrogen) atoms. The molecule has 0 aliphatic heterocycles. The summed E-state index contributed by atoms with van der Waals surface area (Å²) in [5.74, 6) is 0. The Balaban J connectivity index is 0. The molecule has 100 valence electrons. The minimum absolute atomic E-state index is 0. The highest BCUT2D eigenvalue weighted by molar-refractivity contribution is 4.34. The minimum atomic E-state index is 0. The molecule has 0 saturated heterocycles. The zero-order valence-electron chi connectivity index (χ0n) is 10.1. The van der Waals surface area contributed by atoms with Gasteiger partial charge in [-0.25, -0.2) is 0 Å². The monoisotopic (exact) mass is 242 g/mol. The van der Waals surface area contributed by atoms with Crippen LogP contribution in [0.4, 0.5) is 4.70 Å². The van der Waals surface area contributed by atoms with Crippen molar-refractivity contribution in [2.45, 2.75) is 0 Å². The largest absolute Gasteiger partial charge is 0.382 e. The van der Waals surface area contributed by atoms with Gasteiger partial charge in [0, 0.05) is 14.2 Å². The summed E-state index contributed by atoms with van der Waals surface area (Å²) < 4.78 is 25.3. The van der Waals surface area contributed by atoms with Gasteiger partial charge in [0.2, 0.25) is 0 Å². The predicted molar refractivity (Wildman–Crippen MR) is 58.7 cm³/mol. The Morgan fingerprint density at radius 2 is 0.750 bits per heavy atom. The molecule has 0 amide bonds. The van der Waals surface area contributed by atoms with E-state index in [-0.39, 0.29) is 4.70 Å². The number of methoxy groups -OCH3 is 2. The van der Waals surface area contributed by atoms with E-state index in [2.05, 4.69) is 0 Å². The van der Waals surface area contributed by atoms with Crippen molar-refractivity contribution >= 4 is 0 Å². The molecular weight excluding hydrogens is 219 g/mol. The van der Waals surface area contributed by atoms with Gasteiger partial charge in [0.15, 0.2) is 0 Å². The quantitative estimate of drug-likeness (QED) is 0.466. The van der Waals surface area contributed by atoms with E-state index in [1.54, 1.807) is 14.2 Å². The van der Waals surface area contributed by atoms with Crippen molar-refractivity contribution in [2.24, 2.45) is 0 Å². The van der Waals surface area contributed by atoms with E-state index in [1.165, 1.54) is 0 Å². The molecule has 0 saturated carbocycles. The van der Waals surface area contributed by atoms with Gasteiger partial charge in [0.1, 0.15) is 0 Å². The molecule has 0 unspecified atom stereocenters. The number of rotatable bonds is 12. The first kappa shape index (κ1) is 18.1. The maximum absolute atomic E-state index is 5.26. The number of halogens is 1. The van der Waals surface area contributed by atoms with Gasteiger partial charge in [-0.05, 0) is 0 Å². The SMILES string of the molecule is COCCOCCOCCOCCOC.F. The maximum atomic E-state index is 5.26. The average molecular weight is 242 g/mol. The highest BCUT2D eigenvalue weighted by Gasteiger charge is 1.91. The van der Waals surface area contributed by atoms with Crippen LogP contribution in [0.2, 0.25) is 0 Å². The van der Waals surface area contributed by atoms with E-state index in [0.29, 0.717) is 52.9 Å². The summed E-state index contributed by atoms with van der Waals surface area (Å²) >= 11 is 0. The van der Waals surface area contributed by atoms with Crippen molar-refractivity contribution in [3.8, 4) is 0 Å². The van der Waals surface area contributed by atoms with E-state index < -0.39 is 0 Å². The van der Waals surface area contributed by atoms with Crippen molar-refractivity contribution in [1.29, 1.82) is 0 Å². The van der Waals surface area contributed by atoms with Crippen LogP contribution in [-0.2, 0) is 23.7 Å². The van der Waals surface area contributed by atoms with Crippen molar-refractivity contribution in [1.82, 2.24) is 0 Å². The molecule has 0 radical (unpaired) electrons. The van der Waals surface area contributed by atoms with E-state index >= 15 is 0 Å². The first-order valence-electron chi connectivity index (χ1n) is 5.13. The summed E-state index contributed by atoms with van der Waals surface area (Å²) in [5.41, 5.74) is 0. The van der Waals surface area contributed by atoms with Gasteiger partial charge < -0.3 is 23.7 Å². The van der Waals surface area contributed by atoms with Crippen molar-refractivity contribution in [3.05, 3.63) is 0 Å². The van der Waals surface area contributed by atoms with E-state index in [9.17, 15) is 0 Å². The molecule has 0 aromatic heterocycles. The van der Waals surface area contributed by atoms with Gasteiger partial charge in [0.25, 0.3) is 0 Å². The molecule has 0 rings (SSSR count). The summed E-state index contributed by atoms with van der Waals surface area (Å²) in [4.78, 5) is 0. The van der Waals surface area contributed by atoms with E-state index in [1.807, 2.05) is 0 Å². The van der Waals surface area contributed by atoms with Gasteiger partial charge in [0.05, 0.1) is 52.9 Å². The summed E-state index contributed by atoms with van der Waals surface area (Å²) in [5, 5.41) is 0. The lowest BCUT2D eigenvalue weighted by atomic mass is 10.7. The predicted octanol–water partition coefficient (Wildman–Crippen LogP) is 0.482. The Labute approximate surface area is 96.3 Å². The fraction of sp³-hybridized carbons (Fsp3) is 1.00. The summed E-state index contributed by atoms with van der Waals surface area (Å²) in [6.45, 7) is 4.87. The molecule has 0 bridgehead atoms. The van der Waals surface area contributed by atoms with Gasteiger partial charge in [-0.2, -0.15) is 0 Å². The molecule has 6 heteroatoms. The van der Waals surface area contributed by atoms with Crippen LogP contribution in [0.1, 0.15) is 0 Å². The summed E-state index contributed by atoms with van der Waals surface area (Å²) in [6.07, 6.45) is 0. The lowest BCUT2D eigenvalue weighted by Gasteiger charge is -2.06. The Hall–Kier alpha value is -0.270. The smallest absolute Gasteiger partial charge is 0.0701 e. The Bertz CT molecular complexity index is 103. The van der Waals surface area contributed by atoms with Crippen LogP contribution < -0.4 is 0 Å². The molecule has 0 fully saturated rings. The van der Waals surface area contributed by atoms with Crippen LogP contribution >= 0.6 is 0 Å². The Morgan fingerprint density at radius 3 is 1.00 bits per heavy atom. The van der Waals surface area contributed by atoms with Crippen LogP contribution in [0, 0.1) is 0 Å². The highest BCUT2D eigenvalue weighted by Crippen LogP contribution is 1.81.